The number of carbonyl (C=O) groups excluding carboxylic acids is 5. The Bertz CT molecular complexity index is 1580. The molecule has 0 aromatic heterocycles. The van der Waals surface area contributed by atoms with E-state index in [0.29, 0.717) is 19.7 Å². The summed E-state index contributed by atoms with van der Waals surface area (Å²) in [6, 6.07) is 16.2. The first-order valence-corrected chi connectivity index (χ1v) is 36.0. The standard InChI is InChI=1S/C17H19NO4S.C8H12N2O3S.C8H8O2.2CH4.I3.I2.HI.H2O/c1-17(2)13(16(21)22)18-14(20)12(15(18)23-17)9-11(19)8-10-6-4-3-5-7-10;1-8(2)4(7(12)13)10-5(11)3(9)6(10)14-8;9-8(10)6-7-4-2-1-3-5-7;;;1-3-2;1-2;;/h3-7,12-13,15H,8-9H2,1-2H3,(H,21,22);3-4,6H,9H2,1-2H3,(H,12,13);1-5H,6H2,(H,9,10);2*1H4;;;1H;1H2/q;;;;;-1;;;/p-2/t12-,13+,15-;3-,4+,6-;;;;;;;/m11......./s1. The van der Waals surface area contributed by atoms with Crippen LogP contribution in [0, 0.1) is 5.92 Å². The van der Waals surface area contributed by atoms with Crippen LogP contribution in [0.2, 0.25) is 0 Å². The van der Waals surface area contributed by atoms with E-state index in [9.17, 15) is 39.0 Å². The molecule has 6 rings (SSSR count). The summed E-state index contributed by atoms with van der Waals surface area (Å²) in [6.07, 6.45) is 0.577. The molecule has 4 saturated heterocycles. The van der Waals surface area contributed by atoms with Crippen molar-refractivity contribution in [2.45, 2.75) is 100 Å². The van der Waals surface area contributed by atoms with Crippen molar-refractivity contribution < 1.29 is 62.8 Å². The molecule has 0 spiro atoms. The molecular weight excluding hydrogens is 1450 g/mol. The van der Waals surface area contributed by atoms with Gasteiger partial charge in [0, 0.05) is 59.6 Å². The number of ketones is 1. The molecule has 0 aliphatic carbocycles. The first-order chi connectivity index (χ1) is 24.4. The van der Waals surface area contributed by atoms with Gasteiger partial charge in [0.05, 0.1) is 41.7 Å². The fourth-order valence-corrected chi connectivity index (χ4v) is 9.43. The fourth-order valence-electron chi connectivity index (χ4n) is 6.19. The van der Waals surface area contributed by atoms with Gasteiger partial charge in [0.15, 0.2) is 0 Å². The Morgan fingerprint density at radius 1 is 0.768 bits per heavy atom. The maximum atomic E-state index is 12.3. The normalized spacial score (nSPS) is 23.5. The van der Waals surface area contributed by atoms with Gasteiger partial charge in [-0.15, -0.1) is 47.5 Å². The SMILES string of the molecule is C.C.CC1(C)S[C@@H]2[C@H](CC(=O)Cc3ccccc3)C(=O)N2[C@H]1C(=O)[O-].CC1(C)S[C@@H]2[C@H](N)C(=O)N2[C@H]1C(=O)[O-].I.II.I[I-]I.O.O=C(O)Cc1ccccc1. The quantitative estimate of drug-likeness (QED) is 0.284. The van der Waals surface area contributed by atoms with E-state index in [0.717, 1.165) is 11.1 Å². The number of fused-ring (bicyclic) bond motifs is 2. The molecule has 2 aromatic carbocycles. The van der Waals surface area contributed by atoms with Crippen molar-refractivity contribution in [2.75, 3.05) is 0 Å². The molecule has 56 heavy (non-hydrogen) atoms. The number of nitrogens with zero attached hydrogens (tertiary/aromatic N) is 2. The van der Waals surface area contributed by atoms with Gasteiger partial charge in [0.1, 0.15) is 17.2 Å². The molecule has 2 aromatic rings. The van der Waals surface area contributed by atoms with E-state index in [1.165, 1.54) is 33.3 Å². The van der Waals surface area contributed by atoms with Crippen molar-refractivity contribution in [3.05, 3.63) is 71.8 Å². The van der Waals surface area contributed by atoms with E-state index in [1.54, 1.807) is 39.8 Å². The molecule has 13 nitrogen and oxygen atoms in total. The van der Waals surface area contributed by atoms with E-state index in [1.807, 2.05) is 48.5 Å². The first-order valence-electron chi connectivity index (χ1n) is 15.4. The van der Waals surface area contributed by atoms with Crippen molar-refractivity contribution >= 4 is 157 Å². The number of hydrogen-bond acceptors (Lipinski definition) is 11. The van der Waals surface area contributed by atoms with E-state index in [2.05, 4.69) is 74.5 Å². The molecule has 0 bridgehead atoms. The second kappa shape index (κ2) is 28.1. The second-order valence-corrected chi connectivity index (χ2v) is 32.6. The molecule has 6 atom stereocenters. The summed E-state index contributed by atoms with van der Waals surface area (Å²) in [5.74, 6) is -4.17. The Morgan fingerprint density at radius 2 is 1.12 bits per heavy atom. The summed E-state index contributed by atoms with van der Waals surface area (Å²) < 4.78 is -1.12. The average molecular weight is 1500 g/mol. The molecule has 4 aliphatic rings. The van der Waals surface area contributed by atoms with Crippen LogP contribution in [-0.4, -0.2) is 94.3 Å². The molecule has 2 amide bonds. The number of carboxylic acid groups (broad SMARTS) is 3. The van der Waals surface area contributed by atoms with Gasteiger partial charge in [-0.05, 0) is 38.8 Å². The molecular formula is C35H48I6N3O10S2-3. The number of hydrogen-bond donors (Lipinski definition) is 2. The number of carbonyl (C=O) groups is 6. The van der Waals surface area contributed by atoms with Gasteiger partial charge in [-0.25, -0.2) is 0 Å². The molecule has 320 valence electrons. The zero-order valence-corrected chi connectivity index (χ0v) is 43.9. The first kappa shape index (κ1) is 60.8. The van der Waals surface area contributed by atoms with Gasteiger partial charge in [-0.2, -0.15) is 0 Å². The number of rotatable bonds is 8. The Kier molecular flexibility index (Phi) is 30.5. The maximum absolute atomic E-state index is 12.3. The Hall–Kier alpha value is 0.460. The zero-order chi connectivity index (χ0) is 39.6. The fraction of sp³-hybridized carbons (Fsp3) is 0.486. The van der Waals surface area contributed by atoms with Crippen molar-refractivity contribution in [2.24, 2.45) is 11.7 Å². The Balaban J connectivity index is -0.000000736. The molecule has 0 unspecified atom stereocenters. The summed E-state index contributed by atoms with van der Waals surface area (Å²) in [5, 5.41) is 30.2. The van der Waals surface area contributed by atoms with Crippen molar-refractivity contribution in [1.82, 2.24) is 9.80 Å². The van der Waals surface area contributed by atoms with Gasteiger partial charge >= 0.3 is 56.5 Å². The third kappa shape index (κ3) is 16.1. The number of Topliss-reactive ketones (excluding diaryl/α,β-unsaturated/α-hetero) is 1. The van der Waals surface area contributed by atoms with Crippen molar-refractivity contribution in [1.29, 1.82) is 0 Å². The number of halogens is 6. The minimum absolute atomic E-state index is 0. The predicted octanol–water partition coefficient (Wildman–Crippen LogP) is 1.67. The maximum Gasteiger partial charge on any atom is 0.307 e. The number of aliphatic carboxylic acids is 3. The summed E-state index contributed by atoms with van der Waals surface area (Å²) in [5.41, 5.74) is 7.33. The molecule has 4 aliphatic heterocycles. The smallest absolute Gasteiger partial charge is 0.307 e. The molecule has 21 heteroatoms. The monoisotopic (exact) mass is 1500 g/mol. The van der Waals surface area contributed by atoms with Crippen LogP contribution in [0.4, 0.5) is 0 Å². The molecule has 0 saturated carbocycles. The number of thioether (sulfide) groups is 2. The van der Waals surface area contributed by atoms with Gasteiger partial charge < -0.3 is 45.9 Å². The topological polar surface area (TPSA) is 233 Å². The van der Waals surface area contributed by atoms with Gasteiger partial charge in [-0.3, -0.25) is 19.2 Å². The van der Waals surface area contributed by atoms with Crippen molar-refractivity contribution in [3.63, 3.8) is 0 Å². The summed E-state index contributed by atoms with van der Waals surface area (Å²) in [4.78, 5) is 71.0. The van der Waals surface area contributed by atoms with Crippen LogP contribution in [0.1, 0.15) is 60.1 Å². The van der Waals surface area contributed by atoms with E-state index < -0.39 is 51.4 Å². The zero-order valence-electron chi connectivity index (χ0n) is 29.2. The summed E-state index contributed by atoms with van der Waals surface area (Å²) in [6.45, 7) is 7.17. The molecule has 4 fully saturated rings. The van der Waals surface area contributed by atoms with E-state index >= 15 is 0 Å². The number of benzene rings is 2. The largest absolute Gasteiger partial charge is 0.481 e. The van der Waals surface area contributed by atoms with Crippen LogP contribution >= 0.6 is 122 Å². The van der Waals surface area contributed by atoms with Crippen LogP contribution in [0.25, 0.3) is 0 Å². The number of amides is 2. The van der Waals surface area contributed by atoms with Gasteiger partial charge in [0.2, 0.25) is 11.8 Å². The Labute approximate surface area is 408 Å². The Morgan fingerprint density at radius 3 is 1.50 bits per heavy atom. The van der Waals surface area contributed by atoms with Crippen LogP contribution in [0.15, 0.2) is 60.7 Å². The van der Waals surface area contributed by atoms with E-state index in [4.69, 9.17) is 10.8 Å². The third-order valence-electron chi connectivity index (χ3n) is 8.37. The van der Waals surface area contributed by atoms with E-state index in [-0.39, 0.29) is 85.5 Å². The van der Waals surface area contributed by atoms with Crippen LogP contribution < -0.4 is 29.2 Å². The summed E-state index contributed by atoms with van der Waals surface area (Å²) in [7, 11) is 0. The van der Waals surface area contributed by atoms with Gasteiger partial charge in [-0.1, -0.05) is 75.5 Å². The van der Waals surface area contributed by atoms with Crippen LogP contribution in [-0.2, 0) is 41.6 Å². The minimum Gasteiger partial charge on any atom is -0.481 e. The number of β-lactam (4-membered cyclic amide) rings is 2. The van der Waals surface area contributed by atoms with Gasteiger partial charge in [0.25, 0.3) is 0 Å². The summed E-state index contributed by atoms with van der Waals surface area (Å²) >= 11 is 12.4. The van der Waals surface area contributed by atoms with Crippen LogP contribution in [0.3, 0.4) is 0 Å². The second-order valence-electron chi connectivity index (χ2n) is 12.8. The number of nitrogens with two attached hydrogens (primary N) is 1. The minimum atomic E-state index is -1.23. The molecule has 0 radical (unpaired) electrons. The third-order valence-corrected chi connectivity index (χ3v) is 11.6. The predicted molar refractivity (Wildman–Crippen MR) is 260 cm³/mol. The molecule has 4 heterocycles. The number of carboxylic acids is 3. The molecule has 5 N–H and O–H groups in total. The van der Waals surface area contributed by atoms with Crippen molar-refractivity contribution in [3.8, 4) is 0 Å². The van der Waals surface area contributed by atoms with Crippen LogP contribution in [0.5, 0.6) is 0 Å². The average Bonchev–Trinajstić information content (AvgIpc) is 3.51.